The van der Waals surface area contributed by atoms with Gasteiger partial charge in [0, 0.05) is 31.6 Å². The normalized spacial score (nSPS) is 17.9. The van der Waals surface area contributed by atoms with Crippen molar-refractivity contribution >= 4 is 5.91 Å². The first kappa shape index (κ1) is 13.5. The van der Waals surface area contributed by atoms with E-state index in [9.17, 15) is 4.79 Å². The molecule has 1 aliphatic rings. The first-order valence-electron chi connectivity index (χ1n) is 6.24. The van der Waals surface area contributed by atoms with Crippen molar-refractivity contribution in [2.75, 3.05) is 20.1 Å². The molecular formula is C12H25N3O. The van der Waals surface area contributed by atoms with Crippen LogP contribution in [0, 0.1) is 5.92 Å². The number of nitrogens with two attached hydrogens (primary N) is 1. The molecule has 0 aromatic rings. The Kier molecular flexibility index (Phi) is 5.22. The molecule has 0 aromatic heterocycles. The molecule has 0 radical (unpaired) electrons. The van der Waals surface area contributed by atoms with Crippen LogP contribution in [0.4, 0.5) is 0 Å². The van der Waals surface area contributed by atoms with Crippen molar-refractivity contribution < 1.29 is 4.79 Å². The number of hydrogen-bond donors (Lipinski definition) is 2. The second kappa shape index (κ2) is 6.21. The number of nitrogens with zero attached hydrogens (tertiary/aromatic N) is 1. The van der Waals surface area contributed by atoms with Crippen molar-refractivity contribution in [1.82, 2.24) is 10.2 Å². The minimum atomic E-state index is 0.133. The van der Waals surface area contributed by atoms with Crippen LogP contribution in [-0.4, -0.2) is 43.0 Å². The first-order chi connectivity index (χ1) is 7.54. The molecule has 1 aliphatic carbocycles. The molecule has 1 rings (SSSR count). The molecule has 94 valence electrons. The monoisotopic (exact) mass is 227 g/mol. The molecular weight excluding hydrogens is 202 g/mol. The Morgan fingerprint density at radius 2 is 2.12 bits per heavy atom. The topological polar surface area (TPSA) is 58.4 Å². The van der Waals surface area contributed by atoms with Crippen molar-refractivity contribution in [2.24, 2.45) is 11.7 Å². The number of carbonyl (C=O) groups excluding carboxylic acids is 1. The molecule has 1 amide bonds. The van der Waals surface area contributed by atoms with Gasteiger partial charge in [-0.1, -0.05) is 0 Å². The molecule has 3 N–H and O–H groups in total. The lowest BCUT2D eigenvalue weighted by molar-refractivity contribution is -0.121. The van der Waals surface area contributed by atoms with E-state index in [-0.39, 0.29) is 11.9 Å². The molecule has 1 fully saturated rings. The zero-order valence-electron chi connectivity index (χ0n) is 10.7. The number of nitrogens with one attached hydrogen (secondary N) is 1. The van der Waals surface area contributed by atoms with Crippen LogP contribution in [0.3, 0.4) is 0 Å². The van der Waals surface area contributed by atoms with E-state index in [2.05, 4.69) is 17.3 Å². The quantitative estimate of drug-likeness (QED) is 0.668. The predicted octanol–water partition coefficient (Wildman–Crippen LogP) is 0.570. The molecule has 4 nitrogen and oxygen atoms in total. The molecule has 0 aliphatic heterocycles. The van der Waals surface area contributed by atoms with Gasteiger partial charge in [-0.3, -0.25) is 4.79 Å². The van der Waals surface area contributed by atoms with Crippen molar-refractivity contribution in [3.05, 3.63) is 0 Å². The fourth-order valence-electron chi connectivity index (χ4n) is 2.05. The van der Waals surface area contributed by atoms with Gasteiger partial charge in [0.2, 0.25) is 5.91 Å². The van der Waals surface area contributed by atoms with Crippen molar-refractivity contribution in [1.29, 1.82) is 0 Å². The molecule has 0 bridgehead atoms. The number of amides is 1. The van der Waals surface area contributed by atoms with Crippen LogP contribution in [0.1, 0.15) is 33.1 Å². The van der Waals surface area contributed by atoms with Crippen LogP contribution in [0.5, 0.6) is 0 Å². The van der Waals surface area contributed by atoms with Crippen molar-refractivity contribution in [2.45, 2.75) is 45.2 Å². The fraction of sp³-hybridized carbons (Fsp3) is 0.917. The average Bonchev–Trinajstić information content (AvgIpc) is 2.99. The maximum atomic E-state index is 11.5. The van der Waals surface area contributed by atoms with Gasteiger partial charge in [-0.15, -0.1) is 0 Å². The summed E-state index contributed by atoms with van der Waals surface area (Å²) in [5.74, 6) is 0.900. The summed E-state index contributed by atoms with van der Waals surface area (Å²) >= 11 is 0. The third-order valence-corrected chi connectivity index (χ3v) is 3.12. The Hall–Kier alpha value is -0.610. The molecule has 4 heteroatoms. The van der Waals surface area contributed by atoms with E-state index in [0.717, 1.165) is 12.5 Å². The van der Waals surface area contributed by atoms with Crippen molar-refractivity contribution in [3.63, 3.8) is 0 Å². The van der Waals surface area contributed by atoms with E-state index in [4.69, 9.17) is 5.73 Å². The van der Waals surface area contributed by atoms with Gasteiger partial charge in [-0.2, -0.15) is 0 Å². The Balaban J connectivity index is 2.22. The van der Waals surface area contributed by atoms with E-state index < -0.39 is 0 Å². The average molecular weight is 227 g/mol. The van der Waals surface area contributed by atoms with Crippen LogP contribution in [0.15, 0.2) is 0 Å². The summed E-state index contributed by atoms with van der Waals surface area (Å²) in [6.07, 6.45) is 3.16. The number of hydrogen-bond acceptors (Lipinski definition) is 3. The Morgan fingerprint density at radius 1 is 1.50 bits per heavy atom. The maximum absolute atomic E-state index is 11.5. The summed E-state index contributed by atoms with van der Waals surface area (Å²) in [5, 5.41) is 2.90. The van der Waals surface area contributed by atoms with E-state index in [1.165, 1.54) is 12.8 Å². The lowest BCUT2D eigenvalue weighted by Gasteiger charge is -2.26. The summed E-state index contributed by atoms with van der Waals surface area (Å²) in [6, 6.07) is 0.693. The van der Waals surface area contributed by atoms with Crippen LogP contribution in [-0.2, 0) is 4.79 Å². The van der Waals surface area contributed by atoms with Gasteiger partial charge in [0.15, 0.2) is 0 Å². The SMILES string of the molecule is CC(C)NC(=O)CCN(C)C(CN)C1CC1. The van der Waals surface area contributed by atoms with Gasteiger partial charge in [0.25, 0.3) is 0 Å². The van der Waals surface area contributed by atoms with E-state index in [1.54, 1.807) is 0 Å². The third-order valence-electron chi connectivity index (χ3n) is 3.12. The van der Waals surface area contributed by atoms with Gasteiger partial charge in [0.05, 0.1) is 0 Å². The van der Waals surface area contributed by atoms with Gasteiger partial charge in [0.1, 0.15) is 0 Å². The first-order valence-corrected chi connectivity index (χ1v) is 6.24. The van der Waals surface area contributed by atoms with E-state index in [1.807, 2.05) is 13.8 Å². The molecule has 1 unspecified atom stereocenters. The van der Waals surface area contributed by atoms with Crippen molar-refractivity contribution in [3.8, 4) is 0 Å². The maximum Gasteiger partial charge on any atom is 0.221 e. The molecule has 0 saturated heterocycles. The molecule has 0 aromatic carbocycles. The largest absolute Gasteiger partial charge is 0.354 e. The fourth-order valence-corrected chi connectivity index (χ4v) is 2.05. The molecule has 0 spiro atoms. The Morgan fingerprint density at radius 3 is 2.56 bits per heavy atom. The van der Waals surface area contributed by atoms with Gasteiger partial charge in [-0.05, 0) is 39.7 Å². The highest BCUT2D eigenvalue weighted by Gasteiger charge is 2.32. The summed E-state index contributed by atoms with van der Waals surface area (Å²) in [5.41, 5.74) is 5.76. The number of rotatable bonds is 7. The standard InChI is InChI=1S/C12H25N3O/c1-9(2)14-12(16)6-7-15(3)11(8-13)10-4-5-10/h9-11H,4-8,13H2,1-3H3,(H,14,16). The van der Waals surface area contributed by atoms with Crippen LogP contribution in [0.2, 0.25) is 0 Å². The van der Waals surface area contributed by atoms with Crippen LogP contribution >= 0.6 is 0 Å². The van der Waals surface area contributed by atoms with E-state index >= 15 is 0 Å². The lowest BCUT2D eigenvalue weighted by Crippen LogP contribution is -2.42. The smallest absolute Gasteiger partial charge is 0.221 e. The molecule has 16 heavy (non-hydrogen) atoms. The summed E-state index contributed by atoms with van der Waals surface area (Å²) in [7, 11) is 2.07. The summed E-state index contributed by atoms with van der Waals surface area (Å²) < 4.78 is 0. The zero-order valence-corrected chi connectivity index (χ0v) is 10.7. The highest BCUT2D eigenvalue weighted by molar-refractivity contribution is 5.76. The second-order valence-corrected chi connectivity index (χ2v) is 5.09. The highest BCUT2D eigenvalue weighted by Crippen LogP contribution is 2.34. The van der Waals surface area contributed by atoms with Gasteiger partial charge >= 0.3 is 0 Å². The predicted molar refractivity (Wildman–Crippen MR) is 66.1 cm³/mol. The van der Waals surface area contributed by atoms with E-state index in [0.29, 0.717) is 19.0 Å². The second-order valence-electron chi connectivity index (χ2n) is 5.09. The van der Waals surface area contributed by atoms with Gasteiger partial charge < -0.3 is 16.0 Å². The zero-order chi connectivity index (χ0) is 12.1. The molecule has 1 saturated carbocycles. The lowest BCUT2D eigenvalue weighted by atomic mass is 10.1. The Labute approximate surface area is 98.6 Å². The minimum Gasteiger partial charge on any atom is -0.354 e. The van der Waals surface area contributed by atoms with Gasteiger partial charge in [-0.25, -0.2) is 0 Å². The Bertz CT molecular complexity index is 226. The third kappa shape index (κ3) is 4.49. The van der Waals surface area contributed by atoms with Crippen LogP contribution in [0.25, 0.3) is 0 Å². The minimum absolute atomic E-state index is 0.133. The molecule has 0 heterocycles. The summed E-state index contributed by atoms with van der Waals surface area (Å²) in [4.78, 5) is 13.7. The highest BCUT2D eigenvalue weighted by atomic mass is 16.1. The number of likely N-dealkylation sites (N-methyl/N-ethyl adjacent to an activating group) is 1. The van der Waals surface area contributed by atoms with Crippen LogP contribution < -0.4 is 11.1 Å². The number of carbonyl (C=O) groups is 1. The summed E-state index contributed by atoms with van der Waals surface area (Å²) in [6.45, 7) is 5.47. The molecule has 1 atom stereocenters.